The number of amides is 1. The smallest absolute Gasteiger partial charge is 0.220 e. The minimum absolute atomic E-state index is 0.0436. The summed E-state index contributed by atoms with van der Waals surface area (Å²) in [6, 6.07) is 8.08. The molecule has 0 bridgehead atoms. The molecule has 0 heterocycles. The Morgan fingerprint density at radius 1 is 1.43 bits per heavy atom. The van der Waals surface area contributed by atoms with E-state index in [0.29, 0.717) is 19.4 Å². The van der Waals surface area contributed by atoms with Gasteiger partial charge >= 0.3 is 0 Å². The Kier molecular flexibility index (Phi) is 7.19. The van der Waals surface area contributed by atoms with Crippen LogP contribution in [0.2, 0.25) is 0 Å². The summed E-state index contributed by atoms with van der Waals surface area (Å²) in [6.07, 6.45) is 1.17. The van der Waals surface area contributed by atoms with Gasteiger partial charge in [0.25, 0.3) is 0 Å². The number of hydrogen-bond acceptors (Lipinski definition) is 4. The number of nitrogens with two attached hydrogens (primary N) is 1. The van der Waals surface area contributed by atoms with Gasteiger partial charge in [-0.1, -0.05) is 12.1 Å². The number of rotatable bonds is 8. The summed E-state index contributed by atoms with van der Waals surface area (Å²) in [4.78, 5) is 13.9. The summed E-state index contributed by atoms with van der Waals surface area (Å²) in [6.45, 7) is 2.48. The molecule has 21 heavy (non-hydrogen) atoms. The molecule has 0 aliphatic carbocycles. The van der Waals surface area contributed by atoms with Gasteiger partial charge in [-0.2, -0.15) is 0 Å². The summed E-state index contributed by atoms with van der Waals surface area (Å²) < 4.78 is 5.26. The van der Waals surface area contributed by atoms with Crippen LogP contribution in [0.3, 0.4) is 0 Å². The number of likely N-dealkylation sites (N-methyl/N-ethyl adjacent to an activating group) is 1. The van der Waals surface area contributed by atoms with E-state index in [1.165, 1.54) is 0 Å². The lowest BCUT2D eigenvalue weighted by molar-refractivity contribution is -0.121. The summed E-state index contributed by atoms with van der Waals surface area (Å²) in [7, 11) is 5.65. The molecule has 0 fully saturated rings. The Hall–Kier alpha value is -1.59. The second kappa shape index (κ2) is 8.64. The van der Waals surface area contributed by atoms with Crippen LogP contribution in [0, 0.1) is 0 Å². The minimum Gasteiger partial charge on any atom is -0.497 e. The number of nitrogens with one attached hydrogen (secondary N) is 1. The molecule has 1 amide bonds. The number of carbonyl (C=O) groups excluding carboxylic acids is 1. The second-order valence-electron chi connectivity index (χ2n) is 5.58. The summed E-state index contributed by atoms with van der Waals surface area (Å²) >= 11 is 0. The van der Waals surface area contributed by atoms with Crippen LogP contribution in [0.4, 0.5) is 0 Å². The molecule has 1 aromatic carbocycles. The van der Waals surface area contributed by atoms with E-state index < -0.39 is 0 Å². The van der Waals surface area contributed by atoms with Crippen LogP contribution in [0.5, 0.6) is 5.75 Å². The van der Waals surface area contributed by atoms with Crippen molar-refractivity contribution in [3.8, 4) is 5.75 Å². The van der Waals surface area contributed by atoms with Crippen molar-refractivity contribution < 1.29 is 9.53 Å². The third-order valence-electron chi connectivity index (χ3n) is 3.42. The SMILES string of the molecule is COc1cccc(C(CNC(=O)CCC(C)N)N(C)C)c1. The maximum atomic E-state index is 11.8. The highest BCUT2D eigenvalue weighted by Crippen LogP contribution is 2.22. The number of carbonyl (C=O) groups is 1. The fourth-order valence-electron chi connectivity index (χ4n) is 2.11. The highest BCUT2D eigenvalue weighted by atomic mass is 16.5. The summed E-state index contributed by atoms with van der Waals surface area (Å²) in [5.41, 5.74) is 6.78. The van der Waals surface area contributed by atoms with Gasteiger partial charge in [-0.05, 0) is 45.1 Å². The van der Waals surface area contributed by atoms with Gasteiger partial charge < -0.3 is 20.7 Å². The molecule has 2 atom stereocenters. The lowest BCUT2D eigenvalue weighted by Gasteiger charge is -2.25. The van der Waals surface area contributed by atoms with Crippen molar-refractivity contribution in [2.24, 2.45) is 5.73 Å². The van der Waals surface area contributed by atoms with Crippen LogP contribution in [-0.4, -0.2) is 44.6 Å². The number of nitrogens with zero attached hydrogens (tertiary/aromatic N) is 1. The first-order valence-electron chi connectivity index (χ1n) is 7.26. The molecule has 0 radical (unpaired) electrons. The molecule has 0 aliphatic heterocycles. The van der Waals surface area contributed by atoms with Crippen LogP contribution in [0.15, 0.2) is 24.3 Å². The van der Waals surface area contributed by atoms with Crippen molar-refractivity contribution in [1.29, 1.82) is 0 Å². The van der Waals surface area contributed by atoms with E-state index in [9.17, 15) is 4.79 Å². The third-order valence-corrected chi connectivity index (χ3v) is 3.42. The Morgan fingerprint density at radius 3 is 2.71 bits per heavy atom. The van der Waals surface area contributed by atoms with Crippen LogP contribution in [0.1, 0.15) is 31.4 Å². The van der Waals surface area contributed by atoms with E-state index in [1.807, 2.05) is 45.3 Å². The van der Waals surface area contributed by atoms with Gasteiger partial charge in [0.15, 0.2) is 0 Å². The predicted octanol–water partition coefficient (Wildman–Crippen LogP) is 1.54. The van der Waals surface area contributed by atoms with Gasteiger partial charge in [-0.3, -0.25) is 4.79 Å². The molecule has 1 rings (SSSR count). The highest BCUT2D eigenvalue weighted by molar-refractivity contribution is 5.75. The maximum absolute atomic E-state index is 11.8. The lowest BCUT2D eigenvalue weighted by atomic mass is 10.1. The first-order valence-corrected chi connectivity index (χ1v) is 7.26. The van der Waals surface area contributed by atoms with Crippen LogP contribution in [0.25, 0.3) is 0 Å². The van der Waals surface area contributed by atoms with Crippen molar-refractivity contribution in [1.82, 2.24) is 10.2 Å². The van der Waals surface area contributed by atoms with Gasteiger partial charge in [0.1, 0.15) is 5.75 Å². The Balaban J connectivity index is 2.63. The predicted molar refractivity (Wildman–Crippen MR) is 85.3 cm³/mol. The fourth-order valence-corrected chi connectivity index (χ4v) is 2.11. The average Bonchev–Trinajstić information content (AvgIpc) is 2.45. The monoisotopic (exact) mass is 293 g/mol. The molecule has 0 aliphatic rings. The molecule has 0 saturated heterocycles. The van der Waals surface area contributed by atoms with Gasteiger partial charge in [-0.25, -0.2) is 0 Å². The van der Waals surface area contributed by atoms with Crippen molar-refractivity contribution >= 4 is 5.91 Å². The molecular formula is C16H27N3O2. The fraction of sp³-hybridized carbons (Fsp3) is 0.562. The molecule has 118 valence electrons. The number of ether oxygens (including phenoxy) is 1. The Bertz CT molecular complexity index is 447. The zero-order chi connectivity index (χ0) is 15.8. The molecular weight excluding hydrogens is 266 g/mol. The topological polar surface area (TPSA) is 67.6 Å². The lowest BCUT2D eigenvalue weighted by Crippen LogP contribution is -2.35. The van der Waals surface area contributed by atoms with Crippen LogP contribution >= 0.6 is 0 Å². The van der Waals surface area contributed by atoms with Crippen LogP contribution in [-0.2, 0) is 4.79 Å². The van der Waals surface area contributed by atoms with E-state index >= 15 is 0 Å². The second-order valence-corrected chi connectivity index (χ2v) is 5.58. The van der Waals surface area contributed by atoms with Gasteiger partial charge in [-0.15, -0.1) is 0 Å². The van der Waals surface area contributed by atoms with E-state index in [1.54, 1.807) is 7.11 Å². The molecule has 0 spiro atoms. The van der Waals surface area contributed by atoms with E-state index in [-0.39, 0.29) is 18.0 Å². The number of methoxy groups -OCH3 is 1. The molecule has 2 unspecified atom stereocenters. The van der Waals surface area contributed by atoms with Gasteiger partial charge in [0.2, 0.25) is 5.91 Å². The van der Waals surface area contributed by atoms with Crippen molar-refractivity contribution in [3.63, 3.8) is 0 Å². The van der Waals surface area contributed by atoms with E-state index in [4.69, 9.17) is 10.5 Å². The van der Waals surface area contributed by atoms with Crippen molar-refractivity contribution in [2.75, 3.05) is 27.7 Å². The quantitative estimate of drug-likeness (QED) is 0.763. The number of hydrogen-bond donors (Lipinski definition) is 2. The maximum Gasteiger partial charge on any atom is 0.220 e. The first-order chi connectivity index (χ1) is 9.93. The largest absolute Gasteiger partial charge is 0.497 e. The zero-order valence-electron chi connectivity index (χ0n) is 13.4. The number of benzene rings is 1. The third kappa shape index (κ3) is 6.14. The molecule has 5 nitrogen and oxygen atoms in total. The highest BCUT2D eigenvalue weighted by Gasteiger charge is 2.16. The van der Waals surface area contributed by atoms with Crippen molar-refractivity contribution in [2.45, 2.75) is 31.8 Å². The molecule has 5 heteroatoms. The van der Waals surface area contributed by atoms with Crippen LogP contribution < -0.4 is 15.8 Å². The average molecular weight is 293 g/mol. The normalized spacial score (nSPS) is 13.8. The summed E-state index contributed by atoms with van der Waals surface area (Å²) in [5, 5.41) is 2.98. The summed E-state index contributed by atoms with van der Waals surface area (Å²) in [5.74, 6) is 0.865. The zero-order valence-corrected chi connectivity index (χ0v) is 13.4. The minimum atomic E-state index is 0.0436. The Morgan fingerprint density at radius 2 is 2.14 bits per heavy atom. The molecule has 3 N–H and O–H groups in total. The van der Waals surface area contributed by atoms with E-state index in [0.717, 1.165) is 11.3 Å². The first kappa shape index (κ1) is 17.5. The van der Waals surface area contributed by atoms with Gasteiger partial charge in [0.05, 0.1) is 13.2 Å². The van der Waals surface area contributed by atoms with Gasteiger partial charge in [0, 0.05) is 19.0 Å². The molecule has 1 aromatic rings. The van der Waals surface area contributed by atoms with Crippen molar-refractivity contribution in [3.05, 3.63) is 29.8 Å². The molecule has 0 saturated carbocycles. The Labute approximate surface area is 127 Å². The standard InChI is InChI=1S/C16H27N3O2/c1-12(17)8-9-16(20)18-11-15(19(2)3)13-6-5-7-14(10-13)21-4/h5-7,10,12,15H,8-9,11,17H2,1-4H3,(H,18,20). The molecule has 0 aromatic heterocycles. The van der Waals surface area contributed by atoms with E-state index in [2.05, 4.69) is 10.2 Å².